The molecule has 1 unspecified atom stereocenters. The zero-order valence-corrected chi connectivity index (χ0v) is 16.4. The van der Waals surface area contributed by atoms with Crippen LogP contribution in [0.2, 0.25) is 0 Å². The van der Waals surface area contributed by atoms with E-state index in [1.54, 1.807) is 7.11 Å². The Balaban J connectivity index is 1.73. The van der Waals surface area contributed by atoms with Crippen LogP contribution in [0.4, 0.5) is 4.79 Å². The molecule has 0 saturated carbocycles. The second-order valence-corrected chi connectivity index (χ2v) is 8.14. The van der Waals surface area contributed by atoms with Gasteiger partial charge in [0.2, 0.25) is 0 Å². The molecule has 0 fully saturated rings. The van der Waals surface area contributed by atoms with Gasteiger partial charge in [-0.3, -0.25) is 4.79 Å². The molecule has 0 spiro atoms. The van der Waals surface area contributed by atoms with Crippen molar-refractivity contribution in [2.45, 2.75) is 18.9 Å². The molecule has 1 atom stereocenters. The van der Waals surface area contributed by atoms with Crippen LogP contribution in [0.3, 0.4) is 0 Å². The van der Waals surface area contributed by atoms with Crippen molar-refractivity contribution < 1.29 is 14.6 Å². The first-order chi connectivity index (χ1) is 14.0. The Morgan fingerprint density at radius 1 is 1.21 bits per heavy atom. The van der Waals surface area contributed by atoms with Crippen LogP contribution in [0.1, 0.15) is 11.1 Å². The number of carbonyl (C=O) groups is 1. The second kappa shape index (κ2) is 6.63. The van der Waals surface area contributed by atoms with E-state index in [1.807, 2.05) is 29.6 Å². The minimum atomic E-state index is -0.998. The normalized spacial score (nSPS) is 15.6. The molecule has 29 heavy (non-hydrogen) atoms. The highest BCUT2D eigenvalue weighted by Gasteiger charge is 2.24. The highest BCUT2D eigenvalue weighted by Crippen LogP contribution is 2.41. The Labute approximate surface area is 169 Å². The van der Waals surface area contributed by atoms with Crippen molar-refractivity contribution in [2.24, 2.45) is 0 Å². The molecule has 5 rings (SSSR count). The molecule has 3 N–H and O–H groups in total. The standard InChI is InChI=1S/C22H18N2O4S/c1-28-17-5-4-16-19(15-6-7-29-20(15)21(25)24-16)18(17)12-3-2-11-9-14(23-22(26)27)10-13(11)8-12/h2-8,14,23H,9-10H2,1H3,(H,24,25)(H,26,27). The summed E-state index contributed by atoms with van der Waals surface area (Å²) >= 11 is 1.42. The van der Waals surface area contributed by atoms with Crippen LogP contribution in [-0.2, 0) is 12.8 Å². The Kier molecular flexibility index (Phi) is 4.06. The topological polar surface area (TPSA) is 91.4 Å². The van der Waals surface area contributed by atoms with Crippen LogP contribution in [-0.4, -0.2) is 29.3 Å². The fraction of sp³-hybridized carbons (Fsp3) is 0.182. The van der Waals surface area contributed by atoms with E-state index in [2.05, 4.69) is 22.4 Å². The van der Waals surface area contributed by atoms with Gasteiger partial charge >= 0.3 is 6.09 Å². The first kappa shape index (κ1) is 17.8. The number of aromatic nitrogens is 1. The molecule has 1 aliphatic rings. The molecule has 2 aromatic heterocycles. The number of nitrogens with one attached hydrogen (secondary N) is 2. The Hall–Kier alpha value is -3.32. The third-order valence-corrected chi connectivity index (χ3v) is 6.44. The number of thiophene rings is 1. The fourth-order valence-electron chi connectivity index (χ4n) is 4.34. The third-order valence-electron chi connectivity index (χ3n) is 5.53. The highest BCUT2D eigenvalue weighted by molar-refractivity contribution is 7.17. The maximum atomic E-state index is 12.4. The molecular weight excluding hydrogens is 388 g/mol. The van der Waals surface area contributed by atoms with Crippen molar-refractivity contribution >= 4 is 38.4 Å². The number of fused-ring (bicyclic) bond motifs is 4. The molecule has 2 heterocycles. The summed E-state index contributed by atoms with van der Waals surface area (Å²) in [6.07, 6.45) is 0.353. The second-order valence-electron chi connectivity index (χ2n) is 7.22. The number of ether oxygens (including phenoxy) is 1. The zero-order chi connectivity index (χ0) is 20.1. The molecule has 7 heteroatoms. The predicted octanol–water partition coefficient (Wildman–Crippen LogP) is 4.15. The van der Waals surface area contributed by atoms with Gasteiger partial charge in [0, 0.05) is 27.9 Å². The van der Waals surface area contributed by atoms with E-state index in [-0.39, 0.29) is 11.6 Å². The van der Waals surface area contributed by atoms with Gasteiger partial charge in [-0.05, 0) is 53.1 Å². The summed E-state index contributed by atoms with van der Waals surface area (Å²) < 4.78 is 6.37. The Bertz CT molecular complexity index is 1340. The van der Waals surface area contributed by atoms with Crippen LogP contribution in [0.5, 0.6) is 5.75 Å². The first-order valence-electron chi connectivity index (χ1n) is 9.27. The van der Waals surface area contributed by atoms with Gasteiger partial charge in [0.05, 0.1) is 7.11 Å². The smallest absolute Gasteiger partial charge is 0.404 e. The number of pyridine rings is 1. The molecule has 6 nitrogen and oxygen atoms in total. The Morgan fingerprint density at radius 3 is 2.83 bits per heavy atom. The number of aromatic amines is 1. The van der Waals surface area contributed by atoms with Crippen molar-refractivity contribution in [3.05, 3.63) is 63.3 Å². The third kappa shape index (κ3) is 2.86. The van der Waals surface area contributed by atoms with Crippen LogP contribution in [0, 0.1) is 0 Å². The van der Waals surface area contributed by atoms with Crippen molar-refractivity contribution in [2.75, 3.05) is 7.11 Å². The summed E-state index contributed by atoms with van der Waals surface area (Å²) in [5.74, 6) is 0.732. The summed E-state index contributed by atoms with van der Waals surface area (Å²) in [6.45, 7) is 0. The molecule has 1 aliphatic carbocycles. The molecule has 0 bridgehead atoms. The predicted molar refractivity (Wildman–Crippen MR) is 114 cm³/mol. The maximum Gasteiger partial charge on any atom is 0.404 e. The summed E-state index contributed by atoms with van der Waals surface area (Å²) in [5, 5.41) is 15.4. The van der Waals surface area contributed by atoms with E-state index >= 15 is 0 Å². The van der Waals surface area contributed by atoms with Gasteiger partial charge in [0.25, 0.3) is 5.56 Å². The summed E-state index contributed by atoms with van der Waals surface area (Å²) in [7, 11) is 1.64. The number of rotatable bonds is 3. The lowest BCUT2D eigenvalue weighted by Crippen LogP contribution is -2.33. The summed E-state index contributed by atoms with van der Waals surface area (Å²) in [5.41, 5.74) is 4.88. The molecule has 0 saturated heterocycles. The minimum Gasteiger partial charge on any atom is -0.496 e. The molecule has 0 aliphatic heterocycles. The quantitative estimate of drug-likeness (QED) is 0.477. The lowest BCUT2D eigenvalue weighted by molar-refractivity contribution is 0.190. The van der Waals surface area contributed by atoms with Gasteiger partial charge in [-0.1, -0.05) is 18.2 Å². The molecular formula is C22H18N2O4S. The van der Waals surface area contributed by atoms with Gasteiger partial charge in [0.1, 0.15) is 10.4 Å². The van der Waals surface area contributed by atoms with Crippen molar-refractivity contribution in [1.82, 2.24) is 10.3 Å². The van der Waals surface area contributed by atoms with Crippen molar-refractivity contribution in [1.29, 1.82) is 0 Å². The highest BCUT2D eigenvalue weighted by atomic mass is 32.1. The van der Waals surface area contributed by atoms with E-state index in [0.29, 0.717) is 17.5 Å². The Morgan fingerprint density at radius 2 is 2.03 bits per heavy atom. The number of amides is 1. The maximum absolute atomic E-state index is 12.4. The monoisotopic (exact) mass is 406 g/mol. The largest absolute Gasteiger partial charge is 0.496 e. The number of benzene rings is 2. The van der Waals surface area contributed by atoms with Crippen LogP contribution < -0.4 is 15.6 Å². The number of carboxylic acid groups (broad SMARTS) is 1. The molecule has 146 valence electrons. The lowest BCUT2D eigenvalue weighted by Gasteiger charge is -2.14. The summed E-state index contributed by atoms with van der Waals surface area (Å²) in [6, 6.07) is 11.8. The number of hydrogen-bond acceptors (Lipinski definition) is 4. The van der Waals surface area contributed by atoms with Crippen LogP contribution in [0.25, 0.3) is 32.1 Å². The fourth-order valence-corrected chi connectivity index (χ4v) is 5.13. The van der Waals surface area contributed by atoms with E-state index < -0.39 is 6.09 Å². The van der Waals surface area contributed by atoms with Crippen LogP contribution in [0.15, 0.2) is 46.6 Å². The van der Waals surface area contributed by atoms with Crippen LogP contribution >= 0.6 is 11.3 Å². The first-order valence-corrected chi connectivity index (χ1v) is 10.1. The van der Waals surface area contributed by atoms with Crippen molar-refractivity contribution in [3.63, 3.8) is 0 Å². The number of hydrogen-bond donors (Lipinski definition) is 3. The number of H-pyrrole nitrogens is 1. The average molecular weight is 406 g/mol. The molecule has 2 aromatic carbocycles. The number of methoxy groups -OCH3 is 1. The molecule has 4 aromatic rings. The average Bonchev–Trinajstić information content (AvgIpc) is 3.33. The van der Waals surface area contributed by atoms with Gasteiger partial charge in [-0.25, -0.2) is 4.79 Å². The van der Waals surface area contributed by atoms with E-state index in [4.69, 9.17) is 9.84 Å². The van der Waals surface area contributed by atoms with E-state index in [9.17, 15) is 9.59 Å². The van der Waals surface area contributed by atoms with Crippen molar-refractivity contribution in [3.8, 4) is 16.9 Å². The molecule has 1 amide bonds. The summed E-state index contributed by atoms with van der Waals surface area (Å²) in [4.78, 5) is 26.4. The van der Waals surface area contributed by atoms with Gasteiger partial charge in [0.15, 0.2) is 0 Å². The minimum absolute atomic E-state index is 0.0878. The van der Waals surface area contributed by atoms with Gasteiger partial charge < -0.3 is 20.1 Å². The lowest BCUT2D eigenvalue weighted by atomic mass is 9.95. The SMILES string of the molecule is COc1ccc2[nH]c(=O)c3sccc3c2c1-c1ccc2c(c1)CC(NC(=O)O)C2. The zero-order valence-electron chi connectivity index (χ0n) is 15.6. The van der Waals surface area contributed by atoms with Gasteiger partial charge in [-0.15, -0.1) is 11.3 Å². The van der Waals surface area contributed by atoms with Gasteiger partial charge in [-0.2, -0.15) is 0 Å². The van der Waals surface area contributed by atoms with E-state index in [1.165, 1.54) is 11.3 Å². The van der Waals surface area contributed by atoms with E-state index in [0.717, 1.165) is 44.3 Å². The molecule has 0 radical (unpaired) electrons.